The average Bonchev–Trinajstić information content (AvgIpc) is 2.56. The average molecular weight is 354 g/mol. The number of rotatable bonds is 1. The predicted octanol–water partition coefficient (Wildman–Crippen LogP) is 5.05. The molecule has 2 bridgehead atoms. The van der Waals surface area contributed by atoms with Crippen molar-refractivity contribution in [1.29, 1.82) is 0 Å². The molecule has 0 spiro atoms. The summed E-state index contributed by atoms with van der Waals surface area (Å²) in [6, 6.07) is 0.731. The van der Waals surface area contributed by atoms with Gasteiger partial charge in [0, 0.05) is 12.6 Å². The summed E-state index contributed by atoms with van der Waals surface area (Å²) in [6.45, 7) is 16.0. The normalized spacial score (nSPS) is 40.3. The highest BCUT2D eigenvalue weighted by molar-refractivity contribution is 5.85. The molecule has 0 radical (unpaired) electrons. The van der Waals surface area contributed by atoms with Gasteiger partial charge in [-0.3, -0.25) is 4.90 Å². The largest absolute Gasteiger partial charge is 0.357 e. The molecular formula is C21H36ClNO. The first kappa shape index (κ1) is 20.1. The molecule has 1 saturated carbocycles. The first-order valence-electron chi connectivity index (χ1n) is 9.44. The maximum absolute atomic E-state index is 6.27. The number of halogens is 1. The summed E-state index contributed by atoms with van der Waals surface area (Å²) in [5, 5.41) is 0. The highest BCUT2D eigenvalue weighted by Gasteiger charge is 2.49. The topological polar surface area (TPSA) is 12.5 Å². The lowest BCUT2D eigenvalue weighted by Gasteiger charge is -2.40. The number of fused-ring (bicyclic) bond motifs is 2. The Kier molecular flexibility index (Phi) is 5.43. The van der Waals surface area contributed by atoms with E-state index in [4.69, 9.17) is 4.74 Å². The number of nitrogens with zero attached hydrogens (tertiary/aromatic N) is 1. The van der Waals surface area contributed by atoms with Gasteiger partial charge in [-0.05, 0) is 70.1 Å². The molecule has 0 aromatic rings. The van der Waals surface area contributed by atoms with Gasteiger partial charge in [-0.1, -0.05) is 32.6 Å². The van der Waals surface area contributed by atoms with Gasteiger partial charge in [0.25, 0.3) is 0 Å². The SMILES string of the molecule is CC1(C)CC2CC(C)(CN2CC#CC2(C)CCCC(C)(C)O2)C1.Cl. The van der Waals surface area contributed by atoms with E-state index in [0.29, 0.717) is 10.8 Å². The Bertz CT molecular complexity index is 532. The smallest absolute Gasteiger partial charge is 0.126 e. The van der Waals surface area contributed by atoms with Gasteiger partial charge < -0.3 is 4.74 Å². The third kappa shape index (κ3) is 4.48. The number of hydrogen-bond donors (Lipinski definition) is 0. The first-order chi connectivity index (χ1) is 10.5. The van der Waals surface area contributed by atoms with Gasteiger partial charge in [0.15, 0.2) is 0 Å². The maximum atomic E-state index is 6.27. The summed E-state index contributed by atoms with van der Waals surface area (Å²) >= 11 is 0. The second-order valence-corrected chi connectivity index (χ2v) is 10.4. The van der Waals surface area contributed by atoms with Gasteiger partial charge in [0.2, 0.25) is 0 Å². The molecule has 2 aliphatic heterocycles. The summed E-state index contributed by atoms with van der Waals surface area (Å²) in [7, 11) is 0. The zero-order valence-electron chi connectivity index (χ0n) is 16.5. The molecule has 1 aliphatic carbocycles. The minimum Gasteiger partial charge on any atom is -0.357 e. The standard InChI is InChI=1S/C21H35NO.ClH/c1-18(2)13-17-14-20(5,15-18)16-22(17)12-8-11-21(6)10-7-9-19(3,4)23-21;/h17H,7,9-10,12-16H2,1-6H3;1H. The van der Waals surface area contributed by atoms with Crippen LogP contribution in [0.3, 0.4) is 0 Å². The Morgan fingerprint density at radius 2 is 1.75 bits per heavy atom. The molecule has 0 N–H and O–H groups in total. The van der Waals surface area contributed by atoms with E-state index in [1.165, 1.54) is 32.2 Å². The minimum absolute atomic E-state index is 0. The Balaban J connectivity index is 0.00000208. The lowest BCUT2D eigenvalue weighted by molar-refractivity contribution is -0.135. The predicted molar refractivity (Wildman–Crippen MR) is 104 cm³/mol. The van der Waals surface area contributed by atoms with Crippen molar-refractivity contribution < 1.29 is 4.74 Å². The van der Waals surface area contributed by atoms with E-state index >= 15 is 0 Å². The monoisotopic (exact) mass is 353 g/mol. The van der Waals surface area contributed by atoms with Crippen LogP contribution in [0.2, 0.25) is 0 Å². The molecule has 3 unspecified atom stereocenters. The van der Waals surface area contributed by atoms with Crippen molar-refractivity contribution in [2.45, 2.75) is 97.3 Å². The van der Waals surface area contributed by atoms with Crippen LogP contribution in [0.4, 0.5) is 0 Å². The van der Waals surface area contributed by atoms with Gasteiger partial charge in [0.1, 0.15) is 5.60 Å². The van der Waals surface area contributed by atoms with Crippen LogP contribution in [-0.4, -0.2) is 35.2 Å². The summed E-state index contributed by atoms with van der Waals surface area (Å²) in [6.07, 6.45) is 7.47. The van der Waals surface area contributed by atoms with Crippen molar-refractivity contribution in [1.82, 2.24) is 4.90 Å². The van der Waals surface area contributed by atoms with Crippen molar-refractivity contribution in [2.75, 3.05) is 13.1 Å². The van der Waals surface area contributed by atoms with Crippen LogP contribution in [0.15, 0.2) is 0 Å². The molecule has 138 valence electrons. The summed E-state index contributed by atoms with van der Waals surface area (Å²) < 4.78 is 6.27. The van der Waals surface area contributed by atoms with E-state index < -0.39 is 0 Å². The fraction of sp³-hybridized carbons (Fsp3) is 0.905. The third-order valence-electron chi connectivity index (χ3n) is 6.09. The van der Waals surface area contributed by atoms with Gasteiger partial charge in [-0.25, -0.2) is 0 Å². The first-order valence-corrected chi connectivity index (χ1v) is 9.44. The lowest BCUT2D eigenvalue weighted by atomic mass is 9.65. The number of ether oxygens (including phenoxy) is 1. The molecule has 3 rings (SSSR count). The quantitative estimate of drug-likeness (QED) is 0.611. The van der Waals surface area contributed by atoms with E-state index in [2.05, 4.69) is 58.3 Å². The van der Waals surface area contributed by atoms with Crippen LogP contribution < -0.4 is 0 Å². The molecule has 0 amide bonds. The third-order valence-corrected chi connectivity index (χ3v) is 6.09. The number of likely N-dealkylation sites (tertiary alicyclic amines) is 1. The highest BCUT2D eigenvalue weighted by atomic mass is 35.5. The molecule has 3 atom stereocenters. The van der Waals surface area contributed by atoms with Gasteiger partial charge in [-0.15, -0.1) is 12.4 Å². The molecular weight excluding hydrogens is 318 g/mol. The summed E-state index contributed by atoms with van der Waals surface area (Å²) in [5.41, 5.74) is 0.715. The van der Waals surface area contributed by atoms with Gasteiger partial charge in [0.05, 0.1) is 12.1 Å². The molecule has 2 heterocycles. The maximum Gasteiger partial charge on any atom is 0.126 e. The highest BCUT2D eigenvalue weighted by Crippen LogP contribution is 2.52. The van der Waals surface area contributed by atoms with Crippen molar-refractivity contribution in [3.05, 3.63) is 0 Å². The van der Waals surface area contributed by atoms with Crippen LogP contribution in [0.1, 0.15) is 80.1 Å². The van der Waals surface area contributed by atoms with Crippen LogP contribution in [-0.2, 0) is 4.74 Å². The van der Waals surface area contributed by atoms with Crippen molar-refractivity contribution in [3.8, 4) is 11.8 Å². The lowest BCUT2D eigenvalue weighted by Crippen LogP contribution is -2.42. The van der Waals surface area contributed by atoms with Crippen LogP contribution in [0.25, 0.3) is 0 Å². The van der Waals surface area contributed by atoms with Crippen LogP contribution in [0.5, 0.6) is 0 Å². The molecule has 2 saturated heterocycles. The minimum atomic E-state index is -0.250. The van der Waals surface area contributed by atoms with E-state index in [1.807, 2.05) is 0 Å². The molecule has 0 aromatic heterocycles. The van der Waals surface area contributed by atoms with E-state index in [9.17, 15) is 0 Å². The number of hydrogen-bond acceptors (Lipinski definition) is 2. The fourth-order valence-electron chi connectivity index (χ4n) is 5.74. The van der Waals surface area contributed by atoms with E-state index in [1.54, 1.807) is 0 Å². The molecule has 24 heavy (non-hydrogen) atoms. The van der Waals surface area contributed by atoms with Gasteiger partial charge >= 0.3 is 0 Å². The molecule has 2 nitrogen and oxygen atoms in total. The summed E-state index contributed by atoms with van der Waals surface area (Å²) in [4.78, 5) is 2.64. The fourth-order valence-corrected chi connectivity index (χ4v) is 5.74. The van der Waals surface area contributed by atoms with Crippen LogP contribution in [0, 0.1) is 22.7 Å². The molecule has 0 aromatic carbocycles. The zero-order valence-corrected chi connectivity index (χ0v) is 17.3. The Hall–Kier alpha value is -0.230. The Labute approximate surface area is 155 Å². The van der Waals surface area contributed by atoms with Crippen molar-refractivity contribution >= 4 is 12.4 Å². The Morgan fingerprint density at radius 3 is 2.42 bits per heavy atom. The molecule has 3 fully saturated rings. The molecule has 3 heteroatoms. The van der Waals surface area contributed by atoms with Crippen molar-refractivity contribution in [2.24, 2.45) is 10.8 Å². The zero-order chi connectivity index (χ0) is 16.9. The van der Waals surface area contributed by atoms with Crippen LogP contribution >= 0.6 is 12.4 Å². The second kappa shape index (κ2) is 6.49. The van der Waals surface area contributed by atoms with Crippen molar-refractivity contribution in [3.63, 3.8) is 0 Å². The molecule has 3 aliphatic rings. The van der Waals surface area contributed by atoms with E-state index in [-0.39, 0.29) is 23.6 Å². The Morgan fingerprint density at radius 1 is 1.04 bits per heavy atom. The van der Waals surface area contributed by atoms with Gasteiger partial charge in [-0.2, -0.15) is 0 Å². The van der Waals surface area contributed by atoms with E-state index in [0.717, 1.165) is 25.4 Å². The summed E-state index contributed by atoms with van der Waals surface area (Å²) in [5.74, 6) is 6.96. The second-order valence-electron chi connectivity index (χ2n) is 10.4.